The molecule has 0 amide bonds. The minimum Gasteiger partial charge on any atom is -0.336 e. The molecule has 2 rings (SSSR count). The molecular formula is C13H14Cl2FN3. The number of benzene rings is 1. The van der Waals surface area contributed by atoms with Crippen molar-refractivity contribution in [2.24, 2.45) is 0 Å². The molecule has 0 radical (unpaired) electrons. The molecule has 0 aliphatic rings. The van der Waals surface area contributed by atoms with E-state index >= 15 is 0 Å². The maximum Gasteiger partial charge on any atom is 0.142 e. The minimum atomic E-state index is -0.454. The van der Waals surface area contributed by atoms with Crippen molar-refractivity contribution < 1.29 is 4.39 Å². The molecule has 1 unspecified atom stereocenters. The van der Waals surface area contributed by atoms with Crippen molar-refractivity contribution in [1.29, 1.82) is 0 Å². The predicted molar refractivity (Wildman–Crippen MR) is 75.1 cm³/mol. The Bertz CT molecular complexity index is 543. The highest BCUT2D eigenvalue weighted by atomic mass is 35.5. The van der Waals surface area contributed by atoms with Gasteiger partial charge in [-0.05, 0) is 19.1 Å². The van der Waals surface area contributed by atoms with Gasteiger partial charge in [-0.1, -0.05) is 23.2 Å². The van der Waals surface area contributed by atoms with Crippen LogP contribution in [0, 0.1) is 5.82 Å². The maximum atomic E-state index is 13.4. The van der Waals surface area contributed by atoms with Gasteiger partial charge in [0.1, 0.15) is 5.82 Å². The fraction of sp³-hybridized carbons (Fsp3) is 0.308. The zero-order chi connectivity index (χ0) is 13.8. The van der Waals surface area contributed by atoms with Gasteiger partial charge in [0.25, 0.3) is 0 Å². The minimum absolute atomic E-state index is 0.0788. The molecule has 2 aromatic rings. The van der Waals surface area contributed by atoms with Gasteiger partial charge in [0, 0.05) is 42.1 Å². The first kappa shape index (κ1) is 14.3. The lowest BCUT2D eigenvalue weighted by Gasteiger charge is -2.17. The number of hydrogen-bond acceptors (Lipinski definition) is 2. The SMILES string of the molecule is CC(NCCn1ccnc1)c1c(Cl)ccc(F)c1Cl. The highest BCUT2D eigenvalue weighted by Crippen LogP contribution is 2.32. The van der Waals surface area contributed by atoms with Crippen molar-refractivity contribution in [3.05, 3.63) is 52.3 Å². The summed E-state index contributed by atoms with van der Waals surface area (Å²) in [5, 5.41) is 3.81. The lowest BCUT2D eigenvalue weighted by Crippen LogP contribution is -2.23. The van der Waals surface area contributed by atoms with Crippen LogP contribution in [0.5, 0.6) is 0 Å². The molecule has 1 N–H and O–H groups in total. The van der Waals surface area contributed by atoms with Gasteiger partial charge >= 0.3 is 0 Å². The summed E-state index contributed by atoms with van der Waals surface area (Å²) in [6, 6.07) is 2.66. The summed E-state index contributed by atoms with van der Waals surface area (Å²) in [6.07, 6.45) is 5.35. The Morgan fingerprint density at radius 1 is 1.42 bits per heavy atom. The van der Waals surface area contributed by atoms with E-state index in [1.807, 2.05) is 17.7 Å². The Kier molecular flexibility index (Phi) is 4.80. The van der Waals surface area contributed by atoms with Gasteiger partial charge in [0.05, 0.1) is 11.3 Å². The van der Waals surface area contributed by atoms with Crippen LogP contribution in [-0.4, -0.2) is 16.1 Å². The average molecular weight is 302 g/mol. The van der Waals surface area contributed by atoms with Crippen LogP contribution >= 0.6 is 23.2 Å². The normalized spacial score (nSPS) is 12.6. The van der Waals surface area contributed by atoms with Crippen molar-refractivity contribution >= 4 is 23.2 Å². The van der Waals surface area contributed by atoms with Gasteiger partial charge in [-0.2, -0.15) is 0 Å². The molecule has 0 spiro atoms. The molecule has 0 aliphatic heterocycles. The highest BCUT2D eigenvalue weighted by molar-refractivity contribution is 6.36. The number of halogens is 3. The van der Waals surface area contributed by atoms with Crippen LogP contribution in [0.25, 0.3) is 0 Å². The lowest BCUT2D eigenvalue weighted by atomic mass is 10.1. The molecule has 1 aromatic carbocycles. The standard InChI is InChI=1S/C13H14Cl2FN3/c1-9(18-5-7-19-6-4-17-8-19)12-10(14)2-3-11(16)13(12)15/h2-4,6,8-9,18H,5,7H2,1H3. The molecule has 1 atom stereocenters. The second kappa shape index (κ2) is 6.37. The summed E-state index contributed by atoms with van der Waals surface area (Å²) in [5.41, 5.74) is 0.592. The third-order valence-electron chi connectivity index (χ3n) is 2.89. The van der Waals surface area contributed by atoms with E-state index in [4.69, 9.17) is 23.2 Å². The Morgan fingerprint density at radius 3 is 2.89 bits per heavy atom. The Balaban J connectivity index is 2.00. The molecule has 1 aromatic heterocycles. The molecule has 6 heteroatoms. The van der Waals surface area contributed by atoms with Crippen molar-refractivity contribution in [3.63, 3.8) is 0 Å². The first-order valence-electron chi connectivity index (χ1n) is 5.92. The highest BCUT2D eigenvalue weighted by Gasteiger charge is 2.16. The summed E-state index contributed by atoms with van der Waals surface area (Å²) in [4.78, 5) is 3.96. The zero-order valence-corrected chi connectivity index (χ0v) is 11.9. The topological polar surface area (TPSA) is 29.9 Å². The summed E-state index contributed by atoms with van der Waals surface area (Å²) < 4.78 is 15.4. The smallest absolute Gasteiger partial charge is 0.142 e. The van der Waals surface area contributed by atoms with Gasteiger partial charge in [-0.25, -0.2) is 9.37 Å². The van der Waals surface area contributed by atoms with Crippen LogP contribution in [-0.2, 0) is 6.54 Å². The summed E-state index contributed by atoms with van der Waals surface area (Å²) in [5.74, 6) is -0.454. The monoisotopic (exact) mass is 301 g/mol. The van der Waals surface area contributed by atoms with Crippen LogP contribution in [0.3, 0.4) is 0 Å². The predicted octanol–water partition coefficient (Wildman–Crippen LogP) is 3.68. The van der Waals surface area contributed by atoms with E-state index in [0.717, 1.165) is 6.54 Å². The zero-order valence-electron chi connectivity index (χ0n) is 10.4. The second-order valence-electron chi connectivity index (χ2n) is 4.23. The van der Waals surface area contributed by atoms with E-state index in [2.05, 4.69) is 10.3 Å². The van der Waals surface area contributed by atoms with Gasteiger partial charge in [-0.15, -0.1) is 0 Å². The average Bonchev–Trinajstić information content (AvgIpc) is 2.87. The number of rotatable bonds is 5. The van der Waals surface area contributed by atoms with Gasteiger partial charge in [-0.3, -0.25) is 0 Å². The quantitative estimate of drug-likeness (QED) is 0.854. The number of nitrogens with one attached hydrogen (secondary N) is 1. The van der Waals surface area contributed by atoms with Crippen LogP contribution < -0.4 is 5.32 Å². The molecule has 0 bridgehead atoms. The van der Waals surface area contributed by atoms with Crippen molar-refractivity contribution in [3.8, 4) is 0 Å². The fourth-order valence-electron chi connectivity index (χ4n) is 1.87. The summed E-state index contributed by atoms with van der Waals surface area (Å²) in [6.45, 7) is 3.38. The number of nitrogens with zero attached hydrogens (tertiary/aromatic N) is 2. The number of hydrogen-bond donors (Lipinski definition) is 1. The molecule has 0 aliphatic carbocycles. The Hall–Kier alpha value is -1.10. The van der Waals surface area contributed by atoms with Crippen molar-refractivity contribution in [2.45, 2.75) is 19.5 Å². The molecule has 102 valence electrons. The van der Waals surface area contributed by atoms with E-state index in [-0.39, 0.29) is 11.1 Å². The molecule has 1 heterocycles. The third-order valence-corrected chi connectivity index (χ3v) is 3.61. The fourth-order valence-corrected chi connectivity index (χ4v) is 2.57. The van der Waals surface area contributed by atoms with Crippen molar-refractivity contribution in [1.82, 2.24) is 14.9 Å². The molecule has 19 heavy (non-hydrogen) atoms. The maximum absolute atomic E-state index is 13.4. The number of aromatic nitrogens is 2. The lowest BCUT2D eigenvalue weighted by molar-refractivity contribution is 0.527. The first-order valence-corrected chi connectivity index (χ1v) is 6.67. The van der Waals surface area contributed by atoms with E-state index in [1.165, 1.54) is 12.1 Å². The van der Waals surface area contributed by atoms with Gasteiger partial charge < -0.3 is 9.88 Å². The van der Waals surface area contributed by atoms with Crippen molar-refractivity contribution in [2.75, 3.05) is 6.54 Å². The van der Waals surface area contributed by atoms with E-state index in [0.29, 0.717) is 17.1 Å². The largest absolute Gasteiger partial charge is 0.336 e. The van der Waals surface area contributed by atoms with Crippen LogP contribution in [0.15, 0.2) is 30.9 Å². The molecule has 0 fully saturated rings. The Morgan fingerprint density at radius 2 is 2.21 bits per heavy atom. The molecular weight excluding hydrogens is 288 g/mol. The van der Waals surface area contributed by atoms with Crippen LogP contribution in [0.4, 0.5) is 4.39 Å². The van der Waals surface area contributed by atoms with E-state index in [1.54, 1.807) is 12.5 Å². The second-order valence-corrected chi connectivity index (χ2v) is 5.02. The summed E-state index contributed by atoms with van der Waals surface area (Å²) >= 11 is 12.0. The molecule has 0 saturated carbocycles. The third kappa shape index (κ3) is 3.47. The first-order chi connectivity index (χ1) is 9.09. The Labute approximate surface area is 121 Å². The van der Waals surface area contributed by atoms with Gasteiger partial charge in [0.15, 0.2) is 0 Å². The van der Waals surface area contributed by atoms with Crippen LogP contribution in [0.2, 0.25) is 10.0 Å². The molecule has 0 saturated heterocycles. The van der Waals surface area contributed by atoms with E-state index in [9.17, 15) is 4.39 Å². The summed E-state index contributed by atoms with van der Waals surface area (Å²) in [7, 11) is 0. The van der Waals surface area contributed by atoms with E-state index < -0.39 is 5.82 Å². The van der Waals surface area contributed by atoms with Gasteiger partial charge in [0.2, 0.25) is 0 Å². The van der Waals surface area contributed by atoms with Crippen LogP contribution in [0.1, 0.15) is 18.5 Å². The molecule has 3 nitrogen and oxygen atoms in total. The number of imidazole rings is 1.